The van der Waals surface area contributed by atoms with Gasteiger partial charge in [-0.25, -0.2) is 0 Å². The van der Waals surface area contributed by atoms with Gasteiger partial charge in [-0.3, -0.25) is 4.79 Å². The first-order valence-electron chi connectivity index (χ1n) is 5.61. The van der Waals surface area contributed by atoms with Gasteiger partial charge in [-0.1, -0.05) is 24.3 Å². The third-order valence-electron chi connectivity index (χ3n) is 2.53. The molecule has 0 saturated carbocycles. The van der Waals surface area contributed by atoms with Crippen LogP contribution in [-0.4, -0.2) is 19.6 Å². The summed E-state index contributed by atoms with van der Waals surface area (Å²) >= 11 is 0. The fourth-order valence-corrected chi connectivity index (χ4v) is 1.58. The number of hydrogen-bond acceptors (Lipinski definition) is 3. The normalized spacial score (nSPS) is 9.53. The molecule has 1 aromatic carbocycles. The summed E-state index contributed by atoms with van der Waals surface area (Å²) in [6.07, 6.45) is 3.16. The van der Waals surface area contributed by atoms with Crippen LogP contribution in [0.15, 0.2) is 24.3 Å². The fraction of sp³-hybridized carbons (Fsp3) is 0.462. The van der Waals surface area contributed by atoms with Gasteiger partial charge in [0.1, 0.15) is 0 Å². The van der Waals surface area contributed by atoms with Gasteiger partial charge in [0.15, 0.2) is 0 Å². The topological polar surface area (TPSA) is 52.3 Å². The van der Waals surface area contributed by atoms with Crippen molar-refractivity contribution in [2.45, 2.75) is 25.7 Å². The van der Waals surface area contributed by atoms with Gasteiger partial charge in [-0.05, 0) is 36.9 Å². The number of esters is 1. The first-order chi connectivity index (χ1) is 7.76. The highest BCUT2D eigenvalue weighted by Gasteiger charge is 2.00. The molecular weight excluding hydrogens is 238 g/mol. The summed E-state index contributed by atoms with van der Waals surface area (Å²) in [7, 11) is 1.42. The minimum Gasteiger partial charge on any atom is -0.469 e. The van der Waals surface area contributed by atoms with Crippen molar-refractivity contribution in [1.82, 2.24) is 0 Å². The van der Waals surface area contributed by atoms with E-state index in [1.165, 1.54) is 18.2 Å². The molecule has 0 heterocycles. The van der Waals surface area contributed by atoms with Crippen LogP contribution in [0.1, 0.15) is 24.0 Å². The standard InChI is InChI=1S/C13H19NO2.ClH/c1-16-13(15)4-2-3-11-5-7-12(8-6-11)9-10-14;/h5-8H,2-4,9-10,14H2,1H3;1H. The minimum atomic E-state index is -0.139. The Bertz CT molecular complexity index is 325. The van der Waals surface area contributed by atoms with E-state index in [9.17, 15) is 4.79 Å². The molecule has 0 atom stereocenters. The summed E-state index contributed by atoms with van der Waals surface area (Å²) in [5.74, 6) is -0.139. The molecule has 0 radical (unpaired) electrons. The molecule has 0 fully saturated rings. The Labute approximate surface area is 109 Å². The van der Waals surface area contributed by atoms with Crippen LogP contribution in [0.3, 0.4) is 0 Å². The lowest BCUT2D eigenvalue weighted by molar-refractivity contribution is -0.140. The molecule has 0 bridgehead atoms. The number of ether oxygens (including phenoxy) is 1. The molecule has 0 aromatic heterocycles. The predicted octanol–water partition coefficient (Wildman–Crippen LogP) is 2.11. The van der Waals surface area contributed by atoms with Crippen molar-refractivity contribution in [3.05, 3.63) is 35.4 Å². The Kier molecular flexibility index (Phi) is 8.46. The molecule has 0 unspecified atom stereocenters. The van der Waals surface area contributed by atoms with Gasteiger partial charge in [0.25, 0.3) is 0 Å². The highest BCUT2D eigenvalue weighted by Crippen LogP contribution is 2.08. The Morgan fingerprint density at radius 1 is 1.18 bits per heavy atom. The molecule has 17 heavy (non-hydrogen) atoms. The number of aryl methyl sites for hydroxylation is 1. The molecule has 3 nitrogen and oxygen atoms in total. The monoisotopic (exact) mass is 257 g/mol. The van der Waals surface area contributed by atoms with Gasteiger partial charge in [-0.2, -0.15) is 0 Å². The maximum absolute atomic E-state index is 10.9. The van der Waals surface area contributed by atoms with Gasteiger partial charge in [0, 0.05) is 6.42 Å². The number of halogens is 1. The van der Waals surface area contributed by atoms with Crippen molar-refractivity contribution in [1.29, 1.82) is 0 Å². The molecule has 1 rings (SSSR count). The van der Waals surface area contributed by atoms with Crippen LogP contribution < -0.4 is 5.73 Å². The molecule has 0 saturated heterocycles. The van der Waals surface area contributed by atoms with Crippen molar-refractivity contribution in [3.63, 3.8) is 0 Å². The van der Waals surface area contributed by atoms with Crippen LogP contribution in [-0.2, 0) is 22.4 Å². The molecule has 0 amide bonds. The Morgan fingerprint density at radius 3 is 2.18 bits per heavy atom. The second-order valence-corrected chi connectivity index (χ2v) is 3.78. The van der Waals surface area contributed by atoms with Crippen LogP contribution in [0, 0.1) is 0 Å². The maximum Gasteiger partial charge on any atom is 0.305 e. The Balaban J connectivity index is 0.00000256. The average molecular weight is 258 g/mol. The van der Waals surface area contributed by atoms with E-state index >= 15 is 0 Å². The maximum atomic E-state index is 10.9. The third-order valence-corrected chi connectivity index (χ3v) is 2.53. The zero-order valence-electron chi connectivity index (χ0n) is 10.1. The molecule has 96 valence electrons. The zero-order valence-corrected chi connectivity index (χ0v) is 11.0. The summed E-state index contributed by atoms with van der Waals surface area (Å²) in [4.78, 5) is 10.9. The van der Waals surface area contributed by atoms with Crippen LogP contribution in [0.4, 0.5) is 0 Å². The minimum absolute atomic E-state index is 0. The number of methoxy groups -OCH3 is 1. The number of nitrogens with two attached hydrogens (primary N) is 1. The van der Waals surface area contributed by atoms with Gasteiger partial charge >= 0.3 is 5.97 Å². The fourth-order valence-electron chi connectivity index (χ4n) is 1.58. The summed E-state index contributed by atoms with van der Waals surface area (Å²) < 4.78 is 4.59. The Morgan fingerprint density at radius 2 is 1.71 bits per heavy atom. The largest absolute Gasteiger partial charge is 0.469 e. The van der Waals surface area contributed by atoms with Crippen LogP contribution >= 0.6 is 12.4 Å². The smallest absolute Gasteiger partial charge is 0.305 e. The highest BCUT2D eigenvalue weighted by molar-refractivity contribution is 5.85. The number of rotatable bonds is 6. The zero-order chi connectivity index (χ0) is 11.8. The second-order valence-electron chi connectivity index (χ2n) is 3.78. The van der Waals surface area contributed by atoms with Crippen molar-refractivity contribution in [2.24, 2.45) is 5.73 Å². The van der Waals surface area contributed by atoms with E-state index in [0.29, 0.717) is 13.0 Å². The van der Waals surface area contributed by atoms with E-state index in [4.69, 9.17) is 5.73 Å². The summed E-state index contributed by atoms with van der Waals surface area (Å²) in [5, 5.41) is 0. The van der Waals surface area contributed by atoms with Gasteiger partial charge in [-0.15, -0.1) is 12.4 Å². The van der Waals surface area contributed by atoms with E-state index in [-0.39, 0.29) is 18.4 Å². The van der Waals surface area contributed by atoms with E-state index in [0.717, 1.165) is 19.3 Å². The van der Waals surface area contributed by atoms with Crippen molar-refractivity contribution in [3.8, 4) is 0 Å². The van der Waals surface area contributed by atoms with E-state index in [2.05, 4.69) is 29.0 Å². The molecule has 4 heteroatoms. The predicted molar refractivity (Wildman–Crippen MR) is 71.4 cm³/mol. The van der Waals surface area contributed by atoms with Crippen LogP contribution in [0.25, 0.3) is 0 Å². The van der Waals surface area contributed by atoms with Gasteiger partial charge < -0.3 is 10.5 Å². The van der Waals surface area contributed by atoms with Gasteiger partial charge in [0.2, 0.25) is 0 Å². The van der Waals surface area contributed by atoms with Crippen molar-refractivity contribution >= 4 is 18.4 Å². The van der Waals surface area contributed by atoms with E-state index < -0.39 is 0 Å². The number of carbonyl (C=O) groups excluding carboxylic acids is 1. The molecule has 0 spiro atoms. The van der Waals surface area contributed by atoms with Crippen molar-refractivity contribution < 1.29 is 9.53 Å². The summed E-state index contributed by atoms with van der Waals surface area (Å²) in [6, 6.07) is 8.39. The number of hydrogen-bond donors (Lipinski definition) is 1. The lowest BCUT2D eigenvalue weighted by Crippen LogP contribution is -2.03. The second kappa shape index (κ2) is 9.02. The lowest BCUT2D eigenvalue weighted by Gasteiger charge is -2.03. The molecule has 0 aliphatic rings. The average Bonchev–Trinajstić information content (AvgIpc) is 2.31. The molecule has 2 N–H and O–H groups in total. The summed E-state index contributed by atoms with van der Waals surface area (Å²) in [6.45, 7) is 0.682. The first-order valence-corrected chi connectivity index (χ1v) is 5.61. The SMILES string of the molecule is COC(=O)CCCc1ccc(CCN)cc1.Cl. The first kappa shape index (κ1) is 15.9. The molecule has 1 aromatic rings. The molecule has 0 aliphatic carbocycles. The van der Waals surface area contributed by atoms with Crippen LogP contribution in [0.2, 0.25) is 0 Å². The van der Waals surface area contributed by atoms with Crippen molar-refractivity contribution in [2.75, 3.05) is 13.7 Å². The molecular formula is C13H20ClNO2. The number of benzene rings is 1. The lowest BCUT2D eigenvalue weighted by atomic mass is 10.0. The van der Waals surface area contributed by atoms with Gasteiger partial charge in [0.05, 0.1) is 7.11 Å². The molecule has 0 aliphatic heterocycles. The van der Waals surface area contributed by atoms with E-state index in [1.54, 1.807) is 0 Å². The summed E-state index contributed by atoms with van der Waals surface area (Å²) in [5.41, 5.74) is 7.99. The third kappa shape index (κ3) is 6.29. The van der Waals surface area contributed by atoms with Crippen LogP contribution in [0.5, 0.6) is 0 Å². The quantitative estimate of drug-likeness (QED) is 0.794. The highest BCUT2D eigenvalue weighted by atomic mass is 35.5. The van der Waals surface area contributed by atoms with E-state index in [1.807, 2.05) is 0 Å². The number of carbonyl (C=O) groups is 1. The Hall–Kier alpha value is -1.06.